The number of allylic oxidation sites excluding steroid dienone is 1. The van der Waals surface area contributed by atoms with Crippen LogP contribution >= 0.6 is 0 Å². The first-order valence-electron chi connectivity index (χ1n) is 11.1. The number of nitrogens with zero attached hydrogens (tertiary/aromatic N) is 6. The molecule has 4 aromatic rings. The summed E-state index contributed by atoms with van der Waals surface area (Å²) in [5, 5.41) is 18.1. The molecule has 188 valence electrons. The Labute approximate surface area is 201 Å². The van der Waals surface area contributed by atoms with E-state index in [-0.39, 0.29) is 59.8 Å². The van der Waals surface area contributed by atoms with Gasteiger partial charge in [-0.2, -0.15) is 9.97 Å². The molecule has 4 atom stereocenters. The molecule has 0 spiro atoms. The van der Waals surface area contributed by atoms with E-state index < -0.39 is 11.8 Å². The zero-order chi connectivity index (χ0) is 25.4. The van der Waals surface area contributed by atoms with Gasteiger partial charge in [0.2, 0.25) is 11.9 Å². The predicted octanol–water partition coefficient (Wildman–Crippen LogP) is -1.04. The van der Waals surface area contributed by atoms with Crippen LogP contribution in [0.3, 0.4) is 0 Å². The summed E-state index contributed by atoms with van der Waals surface area (Å²) in [4.78, 5) is 44.2. The third-order valence-electron chi connectivity index (χ3n) is 5.90. The normalized spacial score (nSPS) is 22.9. The molecule has 6 rings (SSSR count). The van der Waals surface area contributed by atoms with Gasteiger partial charge in [0.15, 0.2) is 28.6 Å². The number of aromatic nitrogens is 8. The fraction of sp³-hybridized carbons (Fsp3) is 0.333. The second-order valence-electron chi connectivity index (χ2n) is 8.31. The van der Waals surface area contributed by atoms with E-state index >= 15 is 0 Å². The van der Waals surface area contributed by atoms with Crippen molar-refractivity contribution in [3.8, 4) is 0 Å². The lowest BCUT2D eigenvalue weighted by molar-refractivity contribution is -0.00638. The average molecular weight is 496 g/mol. The van der Waals surface area contributed by atoms with Crippen LogP contribution in [0.4, 0.5) is 11.9 Å². The number of H-pyrrole nitrogens is 2. The van der Waals surface area contributed by atoms with Crippen LogP contribution in [0.1, 0.15) is 18.7 Å². The summed E-state index contributed by atoms with van der Waals surface area (Å²) in [6, 6.07) is 0.0563. The number of imidazole rings is 2. The Morgan fingerprint density at radius 1 is 0.889 bits per heavy atom. The van der Waals surface area contributed by atoms with Crippen LogP contribution in [0.25, 0.3) is 22.3 Å². The molecule has 15 nitrogen and oxygen atoms in total. The van der Waals surface area contributed by atoms with Gasteiger partial charge in [-0.15, -0.1) is 0 Å². The largest absolute Gasteiger partial charge is 0.396 e. The minimum Gasteiger partial charge on any atom is -0.396 e. The topological polar surface area (TPSA) is 229 Å². The molecule has 0 bridgehead atoms. The number of aliphatic hydroxyl groups is 2. The van der Waals surface area contributed by atoms with Crippen LogP contribution in [-0.2, 0) is 4.74 Å². The van der Waals surface area contributed by atoms with Gasteiger partial charge in [-0.25, -0.2) is 9.97 Å². The second kappa shape index (κ2) is 9.37. The lowest BCUT2D eigenvalue weighted by atomic mass is 10.1. The lowest BCUT2D eigenvalue weighted by Crippen LogP contribution is -2.16. The van der Waals surface area contributed by atoms with Crippen LogP contribution in [0.2, 0.25) is 0 Å². The van der Waals surface area contributed by atoms with Crippen LogP contribution in [0.15, 0.2) is 46.5 Å². The first-order valence-corrected chi connectivity index (χ1v) is 11.1. The highest BCUT2D eigenvalue weighted by atomic mass is 16.5. The molecule has 0 radical (unpaired) electrons. The Hall–Kier alpha value is -4.34. The number of aliphatic hydroxyl groups excluding tert-OH is 2. The standard InChI is InChI=1S/C11H13N5O2.C10H11N5O3/c12-11-14-9-8(10(18)15-11)13-5-16(9)7-2-1-6(3-7)4-17;11-10-13-8-7(9(17)14-10)12-4-15(8)6-2-1-5(3-16)18-6/h1-2,5-7,17H,3-4H2,(H3,12,14,15,18);1-2,4-6,16H,3H2,(H3,11,13,14,17)/t6-,7+;5-,6+/m10/s1. The number of nitrogens with two attached hydrogens (primary N) is 2. The minimum atomic E-state index is -0.444. The Morgan fingerprint density at radius 2 is 1.50 bits per heavy atom. The molecule has 4 aromatic heterocycles. The van der Waals surface area contributed by atoms with Gasteiger partial charge < -0.3 is 31.0 Å². The molecule has 8 N–H and O–H groups in total. The molecule has 5 heterocycles. The summed E-state index contributed by atoms with van der Waals surface area (Å²) < 4.78 is 8.91. The number of nitrogen functional groups attached to an aromatic ring is 2. The fourth-order valence-electron chi connectivity index (χ4n) is 4.16. The summed E-state index contributed by atoms with van der Waals surface area (Å²) in [5.74, 6) is 0.247. The molecule has 1 aliphatic heterocycles. The van der Waals surface area contributed by atoms with E-state index in [2.05, 4.69) is 29.9 Å². The maximum absolute atomic E-state index is 11.6. The Bertz CT molecular complexity index is 1460. The molecule has 15 heteroatoms. The van der Waals surface area contributed by atoms with Gasteiger partial charge in [0.25, 0.3) is 11.1 Å². The first-order chi connectivity index (χ1) is 17.4. The number of ether oxygens (including phenoxy) is 1. The Morgan fingerprint density at radius 3 is 2.06 bits per heavy atom. The Kier molecular flexibility index (Phi) is 6.09. The molecule has 0 amide bonds. The van der Waals surface area contributed by atoms with Gasteiger partial charge in [-0.05, 0) is 12.5 Å². The van der Waals surface area contributed by atoms with Gasteiger partial charge in [-0.1, -0.05) is 18.2 Å². The molecule has 2 aliphatic rings. The highest BCUT2D eigenvalue weighted by Gasteiger charge is 2.23. The second-order valence-corrected chi connectivity index (χ2v) is 8.31. The molecular formula is C21H24N10O5. The van der Waals surface area contributed by atoms with Crippen molar-refractivity contribution < 1.29 is 14.9 Å². The quantitative estimate of drug-likeness (QED) is 0.187. The smallest absolute Gasteiger partial charge is 0.280 e. The molecule has 0 aromatic carbocycles. The molecular weight excluding hydrogens is 472 g/mol. The minimum absolute atomic E-state index is 0.0231. The number of hydrogen-bond acceptors (Lipinski definition) is 11. The number of aromatic amines is 2. The van der Waals surface area contributed by atoms with E-state index in [1.165, 1.54) is 6.33 Å². The van der Waals surface area contributed by atoms with E-state index in [1.807, 2.05) is 16.7 Å². The van der Waals surface area contributed by atoms with Gasteiger partial charge in [0.1, 0.15) is 6.10 Å². The van der Waals surface area contributed by atoms with Gasteiger partial charge in [0.05, 0.1) is 25.3 Å². The SMILES string of the molecule is Nc1nc2c(ncn2[C@H]2C=C[C@@H](CO)C2)c(=O)[nH]1.Nc1nc2c(ncn2[C@H]2C=C[C@@H](CO)O2)c(=O)[nH]1. The number of fused-ring (bicyclic) bond motifs is 2. The van der Waals surface area contributed by atoms with Crippen LogP contribution in [-0.4, -0.2) is 68.6 Å². The molecule has 0 fully saturated rings. The molecule has 0 saturated carbocycles. The number of rotatable bonds is 4. The first kappa shape index (κ1) is 23.4. The van der Waals surface area contributed by atoms with Crippen molar-refractivity contribution in [3.63, 3.8) is 0 Å². The van der Waals surface area contributed by atoms with E-state index in [1.54, 1.807) is 23.0 Å². The van der Waals surface area contributed by atoms with Crippen molar-refractivity contribution in [1.29, 1.82) is 0 Å². The third kappa shape index (κ3) is 4.26. The predicted molar refractivity (Wildman–Crippen MR) is 129 cm³/mol. The number of anilines is 2. The van der Waals surface area contributed by atoms with Gasteiger partial charge in [-0.3, -0.25) is 24.1 Å². The summed E-state index contributed by atoms with van der Waals surface area (Å²) >= 11 is 0. The van der Waals surface area contributed by atoms with Crippen molar-refractivity contribution in [3.05, 3.63) is 57.7 Å². The van der Waals surface area contributed by atoms with Crippen molar-refractivity contribution in [2.24, 2.45) is 5.92 Å². The molecule has 0 unspecified atom stereocenters. The number of hydrogen-bond donors (Lipinski definition) is 6. The fourth-order valence-corrected chi connectivity index (χ4v) is 4.16. The van der Waals surface area contributed by atoms with Gasteiger partial charge in [0, 0.05) is 12.5 Å². The van der Waals surface area contributed by atoms with Crippen molar-refractivity contribution in [1.82, 2.24) is 39.0 Å². The Balaban J connectivity index is 0.000000148. The average Bonchev–Trinajstić information content (AvgIpc) is 3.63. The monoisotopic (exact) mass is 496 g/mol. The van der Waals surface area contributed by atoms with Crippen molar-refractivity contribution in [2.45, 2.75) is 24.8 Å². The summed E-state index contributed by atoms with van der Waals surface area (Å²) in [6.07, 6.45) is 10.5. The van der Waals surface area contributed by atoms with E-state index in [9.17, 15) is 9.59 Å². The molecule has 1 aliphatic carbocycles. The van der Waals surface area contributed by atoms with E-state index in [0.717, 1.165) is 6.42 Å². The van der Waals surface area contributed by atoms with E-state index in [0.29, 0.717) is 11.3 Å². The molecule has 0 saturated heterocycles. The van der Waals surface area contributed by atoms with Crippen molar-refractivity contribution >= 4 is 34.2 Å². The summed E-state index contributed by atoms with van der Waals surface area (Å²) in [7, 11) is 0. The van der Waals surface area contributed by atoms with Gasteiger partial charge >= 0.3 is 0 Å². The summed E-state index contributed by atoms with van der Waals surface area (Å²) in [5.41, 5.74) is 11.6. The highest BCUT2D eigenvalue weighted by molar-refractivity contribution is 5.71. The lowest BCUT2D eigenvalue weighted by Gasteiger charge is -2.13. The third-order valence-corrected chi connectivity index (χ3v) is 5.90. The maximum atomic E-state index is 11.6. The van der Waals surface area contributed by atoms with E-state index in [4.69, 9.17) is 26.4 Å². The zero-order valence-corrected chi connectivity index (χ0v) is 18.9. The van der Waals surface area contributed by atoms with Crippen LogP contribution in [0, 0.1) is 5.92 Å². The summed E-state index contributed by atoms with van der Waals surface area (Å²) in [6.45, 7) is 0.0194. The molecule has 36 heavy (non-hydrogen) atoms. The highest BCUT2D eigenvalue weighted by Crippen LogP contribution is 2.29. The maximum Gasteiger partial charge on any atom is 0.280 e. The van der Waals surface area contributed by atoms with Crippen molar-refractivity contribution in [2.75, 3.05) is 24.7 Å². The number of nitrogens with one attached hydrogen (secondary N) is 2. The van der Waals surface area contributed by atoms with Crippen LogP contribution in [0.5, 0.6) is 0 Å². The van der Waals surface area contributed by atoms with Crippen LogP contribution < -0.4 is 22.6 Å². The zero-order valence-electron chi connectivity index (χ0n) is 18.9.